The Balaban J connectivity index is 1.81. The van der Waals surface area contributed by atoms with E-state index in [1.54, 1.807) is 12.1 Å². The van der Waals surface area contributed by atoms with E-state index in [-0.39, 0.29) is 5.91 Å². The number of primary amides is 1. The van der Waals surface area contributed by atoms with Crippen molar-refractivity contribution in [1.29, 1.82) is 0 Å². The molecule has 0 radical (unpaired) electrons. The first-order valence-corrected chi connectivity index (χ1v) is 7.31. The SMILES string of the molecule is CC1(CNCc2ccc(C(N)=O)cc2)CCCS1. The van der Waals surface area contributed by atoms with Crippen molar-refractivity contribution in [3.8, 4) is 0 Å². The number of nitrogens with one attached hydrogen (secondary N) is 1. The lowest BCUT2D eigenvalue weighted by molar-refractivity contribution is 0.100. The maximum absolute atomic E-state index is 10.9. The van der Waals surface area contributed by atoms with Gasteiger partial charge in [0, 0.05) is 23.4 Å². The third kappa shape index (κ3) is 3.50. The summed E-state index contributed by atoms with van der Waals surface area (Å²) in [4.78, 5) is 10.9. The summed E-state index contributed by atoms with van der Waals surface area (Å²) in [5.41, 5.74) is 6.96. The van der Waals surface area contributed by atoms with Gasteiger partial charge in [0.1, 0.15) is 0 Å². The second-order valence-electron chi connectivity index (χ2n) is 5.07. The molecule has 2 rings (SSSR count). The Hall–Kier alpha value is -1.00. The van der Waals surface area contributed by atoms with E-state index in [4.69, 9.17) is 5.73 Å². The zero-order valence-electron chi connectivity index (χ0n) is 10.7. The zero-order chi connectivity index (χ0) is 13.0. The molecule has 0 bridgehead atoms. The van der Waals surface area contributed by atoms with Gasteiger partial charge in [-0.1, -0.05) is 12.1 Å². The molecule has 1 aliphatic heterocycles. The minimum Gasteiger partial charge on any atom is -0.366 e. The molecule has 1 aliphatic rings. The first-order chi connectivity index (χ1) is 8.59. The summed E-state index contributed by atoms with van der Waals surface area (Å²) in [6.07, 6.45) is 2.63. The predicted molar refractivity (Wildman–Crippen MR) is 76.8 cm³/mol. The largest absolute Gasteiger partial charge is 0.366 e. The molecule has 3 nitrogen and oxygen atoms in total. The molecule has 1 atom stereocenters. The molecule has 1 saturated heterocycles. The highest BCUT2D eigenvalue weighted by molar-refractivity contribution is 8.00. The van der Waals surface area contributed by atoms with Gasteiger partial charge < -0.3 is 11.1 Å². The van der Waals surface area contributed by atoms with Gasteiger partial charge in [-0.15, -0.1) is 0 Å². The van der Waals surface area contributed by atoms with Crippen LogP contribution in [0.3, 0.4) is 0 Å². The maximum atomic E-state index is 10.9. The average molecular weight is 264 g/mol. The molecule has 3 N–H and O–H groups in total. The fourth-order valence-electron chi connectivity index (χ4n) is 2.23. The van der Waals surface area contributed by atoms with Crippen LogP contribution in [0.2, 0.25) is 0 Å². The van der Waals surface area contributed by atoms with Crippen molar-refractivity contribution in [3.05, 3.63) is 35.4 Å². The van der Waals surface area contributed by atoms with Crippen LogP contribution in [-0.4, -0.2) is 23.0 Å². The normalized spacial score (nSPS) is 23.2. The van der Waals surface area contributed by atoms with Crippen molar-refractivity contribution in [2.24, 2.45) is 5.73 Å². The van der Waals surface area contributed by atoms with E-state index in [1.165, 1.54) is 24.2 Å². The molecule has 1 fully saturated rings. The van der Waals surface area contributed by atoms with E-state index in [2.05, 4.69) is 24.0 Å². The van der Waals surface area contributed by atoms with Crippen LogP contribution in [0.1, 0.15) is 35.7 Å². The van der Waals surface area contributed by atoms with Crippen molar-refractivity contribution >= 4 is 17.7 Å². The number of hydrogen-bond donors (Lipinski definition) is 2. The van der Waals surface area contributed by atoms with Gasteiger partial charge >= 0.3 is 0 Å². The first-order valence-electron chi connectivity index (χ1n) is 6.32. The second kappa shape index (κ2) is 5.76. The number of carbonyl (C=O) groups excluding carboxylic acids is 1. The van der Waals surface area contributed by atoms with E-state index < -0.39 is 0 Å². The molecular formula is C14H20N2OS. The van der Waals surface area contributed by atoms with E-state index in [0.717, 1.165) is 13.1 Å². The van der Waals surface area contributed by atoms with Crippen molar-refractivity contribution < 1.29 is 4.79 Å². The monoisotopic (exact) mass is 264 g/mol. The summed E-state index contributed by atoms with van der Waals surface area (Å²) in [6, 6.07) is 7.48. The van der Waals surface area contributed by atoms with Crippen molar-refractivity contribution in [1.82, 2.24) is 5.32 Å². The summed E-state index contributed by atoms with van der Waals surface area (Å²) in [7, 11) is 0. The van der Waals surface area contributed by atoms with Crippen LogP contribution in [0.15, 0.2) is 24.3 Å². The molecular weight excluding hydrogens is 244 g/mol. The molecule has 1 amide bonds. The molecule has 0 aliphatic carbocycles. The summed E-state index contributed by atoms with van der Waals surface area (Å²) >= 11 is 2.06. The lowest BCUT2D eigenvalue weighted by atomic mass is 10.1. The number of benzene rings is 1. The topological polar surface area (TPSA) is 55.1 Å². The molecule has 4 heteroatoms. The lowest BCUT2D eigenvalue weighted by Crippen LogP contribution is -2.32. The minimum atomic E-state index is -0.371. The van der Waals surface area contributed by atoms with Gasteiger partial charge in [0.05, 0.1) is 0 Å². The number of hydrogen-bond acceptors (Lipinski definition) is 3. The highest BCUT2D eigenvalue weighted by atomic mass is 32.2. The predicted octanol–water partition coefficient (Wildman–Crippen LogP) is 2.16. The minimum absolute atomic E-state index is 0.371. The van der Waals surface area contributed by atoms with Gasteiger partial charge in [0.15, 0.2) is 0 Å². The molecule has 1 aromatic carbocycles. The van der Waals surface area contributed by atoms with Crippen LogP contribution in [0.4, 0.5) is 0 Å². The van der Waals surface area contributed by atoms with Crippen LogP contribution >= 0.6 is 11.8 Å². The van der Waals surface area contributed by atoms with Crippen molar-refractivity contribution in [2.75, 3.05) is 12.3 Å². The Morgan fingerprint density at radius 3 is 2.72 bits per heavy atom. The van der Waals surface area contributed by atoms with E-state index in [1.807, 2.05) is 12.1 Å². The van der Waals surface area contributed by atoms with Gasteiger partial charge in [0.2, 0.25) is 5.91 Å². The highest BCUT2D eigenvalue weighted by Crippen LogP contribution is 2.36. The van der Waals surface area contributed by atoms with Gasteiger partial charge in [-0.3, -0.25) is 4.79 Å². The number of carbonyl (C=O) groups is 1. The molecule has 0 aromatic heterocycles. The van der Waals surface area contributed by atoms with Gasteiger partial charge in [-0.25, -0.2) is 0 Å². The Morgan fingerprint density at radius 1 is 1.44 bits per heavy atom. The van der Waals surface area contributed by atoms with Gasteiger partial charge in [0.25, 0.3) is 0 Å². The third-order valence-electron chi connectivity index (χ3n) is 3.37. The number of nitrogens with two attached hydrogens (primary N) is 1. The number of amides is 1. The molecule has 0 saturated carbocycles. The molecule has 18 heavy (non-hydrogen) atoms. The quantitative estimate of drug-likeness (QED) is 0.857. The lowest BCUT2D eigenvalue weighted by Gasteiger charge is -2.23. The molecule has 98 valence electrons. The van der Waals surface area contributed by atoms with Crippen LogP contribution in [0.25, 0.3) is 0 Å². The fourth-order valence-corrected chi connectivity index (χ4v) is 3.51. The smallest absolute Gasteiger partial charge is 0.248 e. The van der Waals surface area contributed by atoms with Crippen LogP contribution in [0, 0.1) is 0 Å². The standard InChI is InChI=1S/C14H20N2OS/c1-14(7-2-8-18-14)10-16-9-11-3-5-12(6-4-11)13(15)17/h3-6,16H,2,7-10H2,1H3,(H2,15,17). The number of rotatable bonds is 5. The Bertz CT molecular complexity index is 410. The first kappa shape index (κ1) is 13.4. The Labute approximate surface area is 113 Å². The van der Waals surface area contributed by atoms with Gasteiger partial charge in [-0.2, -0.15) is 11.8 Å². The van der Waals surface area contributed by atoms with Crippen LogP contribution in [0.5, 0.6) is 0 Å². The number of thioether (sulfide) groups is 1. The van der Waals surface area contributed by atoms with Crippen LogP contribution in [-0.2, 0) is 6.54 Å². The summed E-state index contributed by atoms with van der Waals surface area (Å²) in [6.45, 7) is 4.21. The fraction of sp³-hybridized carbons (Fsp3) is 0.500. The van der Waals surface area contributed by atoms with Crippen LogP contribution < -0.4 is 11.1 Å². The Kier molecular flexibility index (Phi) is 4.30. The summed E-state index contributed by atoms with van der Waals surface area (Å²) < 4.78 is 0.396. The van der Waals surface area contributed by atoms with E-state index in [0.29, 0.717) is 10.3 Å². The van der Waals surface area contributed by atoms with E-state index in [9.17, 15) is 4.79 Å². The highest BCUT2D eigenvalue weighted by Gasteiger charge is 2.28. The second-order valence-corrected chi connectivity index (χ2v) is 6.75. The van der Waals surface area contributed by atoms with Gasteiger partial charge in [-0.05, 0) is 43.2 Å². The van der Waals surface area contributed by atoms with Crippen molar-refractivity contribution in [3.63, 3.8) is 0 Å². The molecule has 1 unspecified atom stereocenters. The molecule has 1 heterocycles. The zero-order valence-corrected chi connectivity index (χ0v) is 11.6. The molecule has 0 spiro atoms. The molecule has 1 aromatic rings. The summed E-state index contributed by atoms with van der Waals surface area (Å²) in [5, 5.41) is 3.50. The average Bonchev–Trinajstić information content (AvgIpc) is 2.77. The Morgan fingerprint density at radius 2 is 2.17 bits per heavy atom. The summed E-state index contributed by atoms with van der Waals surface area (Å²) in [5.74, 6) is 0.912. The third-order valence-corrected chi connectivity index (χ3v) is 4.91. The maximum Gasteiger partial charge on any atom is 0.248 e. The van der Waals surface area contributed by atoms with Crippen molar-refractivity contribution in [2.45, 2.75) is 31.1 Å². The van der Waals surface area contributed by atoms with E-state index >= 15 is 0 Å².